The fourth-order valence-corrected chi connectivity index (χ4v) is 3.44. The van der Waals surface area contributed by atoms with Gasteiger partial charge in [0.05, 0.1) is 0 Å². The van der Waals surface area contributed by atoms with Gasteiger partial charge in [-0.2, -0.15) is 0 Å². The number of piperazine rings is 1. The van der Waals surface area contributed by atoms with Crippen LogP contribution in [0.25, 0.3) is 0 Å². The van der Waals surface area contributed by atoms with Crippen LogP contribution in [-0.2, 0) is 0 Å². The highest BCUT2D eigenvalue weighted by atomic mass is 15.3. The topological polar surface area (TPSA) is 15.3 Å². The van der Waals surface area contributed by atoms with Crippen LogP contribution in [0, 0.1) is 11.3 Å². The monoisotopic (exact) mass is 222 g/mol. The molecule has 3 fully saturated rings. The Morgan fingerprint density at radius 3 is 2.50 bits per heavy atom. The molecular formula is C14H26N2. The third-order valence-electron chi connectivity index (χ3n) is 4.95. The Labute approximate surface area is 99.8 Å². The normalized spacial score (nSPS) is 37.3. The van der Waals surface area contributed by atoms with Crippen molar-refractivity contribution in [3.63, 3.8) is 0 Å². The van der Waals surface area contributed by atoms with Crippen LogP contribution in [0.15, 0.2) is 0 Å². The Balaban J connectivity index is 1.64. The Hall–Kier alpha value is -0.0800. The molecule has 0 aromatic heterocycles. The molecule has 3 aliphatic rings. The highest BCUT2D eigenvalue weighted by Crippen LogP contribution is 2.61. The molecule has 1 atom stereocenters. The molecule has 1 saturated heterocycles. The zero-order chi connectivity index (χ0) is 11.4. The first-order chi connectivity index (χ1) is 7.51. The van der Waals surface area contributed by atoms with Crippen molar-refractivity contribution in [1.82, 2.24) is 10.2 Å². The molecule has 2 saturated carbocycles. The van der Waals surface area contributed by atoms with Gasteiger partial charge in [0, 0.05) is 31.2 Å². The fraction of sp³-hybridized carbons (Fsp3) is 1.00. The summed E-state index contributed by atoms with van der Waals surface area (Å²) >= 11 is 0. The molecule has 0 aromatic carbocycles. The minimum atomic E-state index is 0.312. The number of hydrogen-bond donors (Lipinski definition) is 1. The van der Waals surface area contributed by atoms with Crippen LogP contribution in [0.3, 0.4) is 0 Å². The van der Waals surface area contributed by atoms with Gasteiger partial charge in [-0.25, -0.2) is 0 Å². The highest BCUT2D eigenvalue weighted by Gasteiger charge is 2.54. The molecule has 1 unspecified atom stereocenters. The third-order valence-corrected chi connectivity index (χ3v) is 4.95. The van der Waals surface area contributed by atoms with Gasteiger partial charge in [0.1, 0.15) is 0 Å². The molecular weight excluding hydrogens is 196 g/mol. The van der Waals surface area contributed by atoms with Crippen LogP contribution < -0.4 is 5.32 Å². The zero-order valence-corrected chi connectivity index (χ0v) is 11.1. The standard InChI is InChI=1S/C14H26N2/c1-11-8-15-13(2,3)9-16(11)10-14(6-7-14)12-4-5-12/h11-12,15H,4-10H2,1-3H3. The lowest BCUT2D eigenvalue weighted by Crippen LogP contribution is -2.61. The minimum absolute atomic E-state index is 0.312. The van der Waals surface area contributed by atoms with Crippen molar-refractivity contribution in [2.75, 3.05) is 19.6 Å². The van der Waals surface area contributed by atoms with Gasteiger partial charge in [-0.05, 0) is 57.8 Å². The molecule has 1 aliphatic heterocycles. The predicted octanol–water partition coefficient (Wildman–Crippen LogP) is 2.25. The third kappa shape index (κ3) is 2.02. The Morgan fingerprint density at radius 2 is 1.94 bits per heavy atom. The summed E-state index contributed by atoms with van der Waals surface area (Å²) in [5.74, 6) is 1.10. The molecule has 0 radical (unpaired) electrons. The first kappa shape index (κ1) is 11.0. The summed E-state index contributed by atoms with van der Waals surface area (Å²) in [6.45, 7) is 10.8. The van der Waals surface area contributed by atoms with Crippen LogP contribution in [0.1, 0.15) is 46.5 Å². The van der Waals surface area contributed by atoms with E-state index in [9.17, 15) is 0 Å². The summed E-state index contributed by atoms with van der Waals surface area (Å²) in [4.78, 5) is 2.75. The number of nitrogens with one attached hydrogen (secondary N) is 1. The first-order valence-electron chi connectivity index (χ1n) is 7.00. The molecule has 16 heavy (non-hydrogen) atoms. The molecule has 0 spiro atoms. The van der Waals surface area contributed by atoms with Gasteiger partial charge in [0.25, 0.3) is 0 Å². The van der Waals surface area contributed by atoms with Gasteiger partial charge in [-0.15, -0.1) is 0 Å². The molecule has 0 amide bonds. The van der Waals surface area contributed by atoms with Crippen molar-refractivity contribution in [2.45, 2.75) is 58.0 Å². The Kier molecular flexibility index (Phi) is 2.38. The average Bonchev–Trinajstić information content (AvgIpc) is 3.01. The van der Waals surface area contributed by atoms with Crippen LogP contribution in [-0.4, -0.2) is 36.1 Å². The summed E-state index contributed by atoms with van der Waals surface area (Å²) < 4.78 is 0. The van der Waals surface area contributed by atoms with E-state index in [1.807, 2.05) is 0 Å². The molecule has 0 aromatic rings. The van der Waals surface area contributed by atoms with E-state index in [4.69, 9.17) is 0 Å². The van der Waals surface area contributed by atoms with Gasteiger partial charge in [0.2, 0.25) is 0 Å². The van der Waals surface area contributed by atoms with E-state index in [0.717, 1.165) is 23.9 Å². The SMILES string of the molecule is CC1CNC(C)(C)CN1CC1(C2CC2)CC1. The van der Waals surface area contributed by atoms with E-state index in [0.29, 0.717) is 5.54 Å². The summed E-state index contributed by atoms with van der Waals surface area (Å²) in [7, 11) is 0. The second kappa shape index (κ2) is 3.46. The van der Waals surface area contributed by atoms with Gasteiger partial charge < -0.3 is 5.32 Å². The van der Waals surface area contributed by atoms with Crippen molar-refractivity contribution < 1.29 is 0 Å². The summed E-state index contributed by atoms with van der Waals surface area (Å²) in [5.41, 5.74) is 1.08. The van der Waals surface area contributed by atoms with Gasteiger partial charge in [0.15, 0.2) is 0 Å². The van der Waals surface area contributed by atoms with Gasteiger partial charge >= 0.3 is 0 Å². The van der Waals surface area contributed by atoms with E-state index < -0.39 is 0 Å². The molecule has 0 bridgehead atoms. The molecule has 92 valence electrons. The lowest BCUT2D eigenvalue weighted by Gasteiger charge is -2.45. The Bertz CT molecular complexity index is 276. The van der Waals surface area contributed by atoms with Gasteiger partial charge in [-0.3, -0.25) is 4.90 Å². The lowest BCUT2D eigenvalue weighted by molar-refractivity contribution is 0.0780. The van der Waals surface area contributed by atoms with Crippen molar-refractivity contribution in [2.24, 2.45) is 11.3 Å². The molecule has 3 rings (SSSR count). The van der Waals surface area contributed by atoms with Crippen LogP contribution in [0.4, 0.5) is 0 Å². The Morgan fingerprint density at radius 1 is 1.25 bits per heavy atom. The highest BCUT2D eigenvalue weighted by molar-refractivity contribution is 5.07. The maximum absolute atomic E-state index is 3.65. The fourth-order valence-electron chi connectivity index (χ4n) is 3.44. The first-order valence-corrected chi connectivity index (χ1v) is 7.00. The summed E-state index contributed by atoms with van der Waals surface area (Å²) in [6.07, 6.45) is 6.05. The lowest BCUT2D eigenvalue weighted by atomic mass is 9.94. The molecule has 1 N–H and O–H groups in total. The zero-order valence-electron chi connectivity index (χ0n) is 11.1. The number of nitrogens with zero attached hydrogens (tertiary/aromatic N) is 1. The molecule has 2 heteroatoms. The van der Waals surface area contributed by atoms with Crippen molar-refractivity contribution in [3.8, 4) is 0 Å². The van der Waals surface area contributed by atoms with E-state index in [1.54, 1.807) is 0 Å². The molecule has 1 heterocycles. The van der Waals surface area contributed by atoms with Crippen molar-refractivity contribution in [3.05, 3.63) is 0 Å². The van der Waals surface area contributed by atoms with Crippen LogP contribution in [0.2, 0.25) is 0 Å². The van der Waals surface area contributed by atoms with E-state index in [-0.39, 0.29) is 0 Å². The van der Waals surface area contributed by atoms with E-state index >= 15 is 0 Å². The van der Waals surface area contributed by atoms with Crippen LogP contribution >= 0.6 is 0 Å². The van der Waals surface area contributed by atoms with E-state index in [2.05, 4.69) is 31.0 Å². The second-order valence-corrected chi connectivity index (χ2v) is 7.16. The maximum atomic E-state index is 3.65. The van der Waals surface area contributed by atoms with Crippen molar-refractivity contribution >= 4 is 0 Å². The van der Waals surface area contributed by atoms with E-state index in [1.165, 1.54) is 38.8 Å². The smallest absolute Gasteiger partial charge is 0.0252 e. The number of hydrogen-bond acceptors (Lipinski definition) is 2. The molecule has 2 nitrogen and oxygen atoms in total. The van der Waals surface area contributed by atoms with Crippen LogP contribution in [0.5, 0.6) is 0 Å². The molecule has 2 aliphatic carbocycles. The number of rotatable bonds is 3. The van der Waals surface area contributed by atoms with Gasteiger partial charge in [-0.1, -0.05) is 0 Å². The summed E-state index contributed by atoms with van der Waals surface area (Å²) in [5, 5.41) is 3.65. The minimum Gasteiger partial charge on any atom is -0.309 e. The van der Waals surface area contributed by atoms with Crippen molar-refractivity contribution in [1.29, 1.82) is 0 Å². The second-order valence-electron chi connectivity index (χ2n) is 7.16. The predicted molar refractivity (Wildman–Crippen MR) is 67.5 cm³/mol. The quantitative estimate of drug-likeness (QED) is 0.788. The largest absolute Gasteiger partial charge is 0.309 e. The average molecular weight is 222 g/mol. The maximum Gasteiger partial charge on any atom is 0.0252 e. The summed E-state index contributed by atoms with van der Waals surface area (Å²) in [6, 6.07) is 0.726.